The van der Waals surface area contributed by atoms with Gasteiger partial charge in [0.1, 0.15) is 0 Å². The van der Waals surface area contributed by atoms with Crippen LogP contribution in [0.4, 0.5) is 0 Å². The van der Waals surface area contributed by atoms with Crippen molar-refractivity contribution in [3.05, 3.63) is 35.4 Å². The van der Waals surface area contributed by atoms with Gasteiger partial charge < -0.3 is 5.32 Å². The summed E-state index contributed by atoms with van der Waals surface area (Å²) in [4.78, 5) is 0. The van der Waals surface area contributed by atoms with E-state index in [2.05, 4.69) is 10.0 Å². The highest BCUT2D eigenvalue weighted by atomic mass is 32.2. The van der Waals surface area contributed by atoms with Crippen molar-refractivity contribution in [2.24, 2.45) is 0 Å². The molecule has 1 saturated carbocycles. The van der Waals surface area contributed by atoms with Crippen LogP contribution in [-0.4, -0.2) is 21.5 Å². The first-order valence-corrected chi connectivity index (χ1v) is 8.47. The molecular weight excluding hydrogens is 260 g/mol. The zero-order valence-corrected chi connectivity index (χ0v) is 12.2. The Labute approximate surface area is 115 Å². The SMILES string of the molecule is CNS(=O)(=O)Cc1ccccc1CNC1CCCC1. The third-order valence-corrected chi connectivity index (χ3v) is 5.02. The molecule has 0 heterocycles. The number of rotatable bonds is 6. The van der Waals surface area contributed by atoms with Gasteiger partial charge in [0.2, 0.25) is 10.0 Å². The zero-order valence-electron chi connectivity index (χ0n) is 11.4. The lowest BCUT2D eigenvalue weighted by Gasteiger charge is -2.14. The Balaban J connectivity index is 2.03. The summed E-state index contributed by atoms with van der Waals surface area (Å²) in [6.45, 7) is 0.750. The van der Waals surface area contributed by atoms with Gasteiger partial charge in [-0.2, -0.15) is 0 Å². The Bertz CT molecular complexity index is 508. The van der Waals surface area contributed by atoms with Crippen LogP contribution in [0.25, 0.3) is 0 Å². The monoisotopic (exact) mass is 282 g/mol. The van der Waals surface area contributed by atoms with Gasteiger partial charge in [-0.05, 0) is 31.0 Å². The minimum Gasteiger partial charge on any atom is -0.310 e. The second kappa shape index (κ2) is 6.50. The van der Waals surface area contributed by atoms with Gasteiger partial charge in [-0.15, -0.1) is 0 Å². The van der Waals surface area contributed by atoms with Gasteiger partial charge in [0.25, 0.3) is 0 Å². The Hall–Kier alpha value is -0.910. The van der Waals surface area contributed by atoms with E-state index < -0.39 is 10.0 Å². The van der Waals surface area contributed by atoms with Crippen molar-refractivity contribution in [1.29, 1.82) is 0 Å². The van der Waals surface area contributed by atoms with E-state index in [4.69, 9.17) is 0 Å². The number of hydrogen-bond acceptors (Lipinski definition) is 3. The first-order chi connectivity index (χ1) is 9.11. The number of nitrogens with one attached hydrogen (secondary N) is 2. The largest absolute Gasteiger partial charge is 0.310 e. The van der Waals surface area contributed by atoms with E-state index in [0.717, 1.165) is 17.7 Å². The molecule has 5 heteroatoms. The average Bonchev–Trinajstić information content (AvgIpc) is 2.90. The van der Waals surface area contributed by atoms with Gasteiger partial charge >= 0.3 is 0 Å². The van der Waals surface area contributed by atoms with Crippen LogP contribution < -0.4 is 10.0 Å². The summed E-state index contributed by atoms with van der Waals surface area (Å²) >= 11 is 0. The summed E-state index contributed by atoms with van der Waals surface area (Å²) in [5.74, 6) is 0.0476. The maximum atomic E-state index is 11.6. The second-order valence-corrected chi connectivity index (χ2v) is 7.02. The molecule has 0 saturated heterocycles. The van der Waals surface area contributed by atoms with Gasteiger partial charge in [0, 0.05) is 12.6 Å². The smallest absolute Gasteiger partial charge is 0.215 e. The molecule has 0 amide bonds. The highest BCUT2D eigenvalue weighted by molar-refractivity contribution is 7.88. The zero-order chi connectivity index (χ0) is 13.7. The van der Waals surface area contributed by atoms with Crippen LogP contribution in [0.3, 0.4) is 0 Å². The molecule has 0 radical (unpaired) electrons. The molecule has 0 aliphatic heterocycles. The van der Waals surface area contributed by atoms with Crippen LogP contribution in [0, 0.1) is 0 Å². The van der Waals surface area contributed by atoms with E-state index in [1.165, 1.54) is 32.7 Å². The second-order valence-electron chi connectivity index (χ2n) is 5.09. The van der Waals surface area contributed by atoms with E-state index in [1.54, 1.807) is 0 Å². The summed E-state index contributed by atoms with van der Waals surface area (Å²) in [6, 6.07) is 8.33. The molecule has 0 spiro atoms. The van der Waals surface area contributed by atoms with Crippen molar-refractivity contribution in [1.82, 2.24) is 10.0 Å². The summed E-state index contributed by atoms with van der Waals surface area (Å²) in [7, 11) is -1.76. The minimum absolute atomic E-state index is 0.0476. The van der Waals surface area contributed by atoms with Crippen molar-refractivity contribution in [2.45, 2.75) is 44.0 Å². The predicted octanol–water partition coefficient (Wildman–Crippen LogP) is 1.77. The molecule has 0 atom stereocenters. The van der Waals surface area contributed by atoms with Crippen LogP contribution in [0.2, 0.25) is 0 Å². The van der Waals surface area contributed by atoms with Crippen LogP contribution in [0.1, 0.15) is 36.8 Å². The molecule has 2 rings (SSSR count). The predicted molar refractivity (Wildman–Crippen MR) is 77.2 cm³/mol. The maximum absolute atomic E-state index is 11.6. The van der Waals surface area contributed by atoms with Crippen molar-refractivity contribution in [2.75, 3.05) is 7.05 Å². The molecule has 106 valence electrons. The summed E-state index contributed by atoms with van der Waals surface area (Å²) in [5, 5.41) is 3.53. The van der Waals surface area contributed by atoms with Gasteiger partial charge in [-0.1, -0.05) is 37.1 Å². The minimum atomic E-state index is -3.21. The standard InChI is InChI=1S/C14H22N2O2S/c1-15-19(17,18)11-13-7-3-2-6-12(13)10-16-14-8-4-5-9-14/h2-3,6-7,14-16H,4-5,8-11H2,1H3. The third-order valence-electron chi connectivity index (χ3n) is 3.71. The fourth-order valence-corrected chi connectivity index (χ4v) is 3.37. The molecule has 0 bridgehead atoms. The molecule has 19 heavy (non-hydrogen) atoms. The fourth-order valence-electron chi connectivity index (χ4n) is 2.53. The van der Waals surface area contributed by atoms with E-state index in [-0.39, 0.29) is 5.75 Å². The third kappa shape index (κ3) is 4.30. The van der Waals surface area contributed by atoms with Gasteiger partial charge in [-0.25, -0.2) is 13.1 Å². The van der Waals surface area contributed by atoms with Crippen molar-refractivity contribution < 1.29 is 8.42 Å². The molecule has 1 aromatic carbocycles. The van der Waals surface area contributed by atoms with E-state index >= 15 is 0 Å². The lowest BCUT2D eigenvalue weighted by Crippen LogP contribution is -2.26. The normalized spacial score (nSPS) is 16.9. The van der Waals surface area contributed by atoms with Crippen LogP contribution >= 0.6 is 0 Å². The molecule has 1 aliphatic rings. The molecule has 1 aliphatic carbocycles. The Morgan fingerprint density at radius 2 is 1.79 bits per heavy atom. The molecule has 4 nitrogen and oxygen atoms in total. The van der Waals surface area contributed by atoms with Gasteiger partial charge in [0.15, 0.2) is 0 Å². The quantitative estimate of drug-likeness (QED) is 0.836. The topological polar surface area (TPSA) is 58.2 Å². The first-order valence-electron chi connectivity index (χ1n) is 6.82. The van der Waals surface area contributed by atoms with Crippen molar-refractivity contribution in [3.8, 4) is 0 Å². The highest BCUT2D eigenvalue weighted by Crippen LogP contribution is 2.19. The summed E-state index contributed by atoms with van der Waals surface area (Å²) < 4.78 is 25.7. The van der Waals surface area contributed by atoms with E-state index in [0.29, 0.717) is 6.04 Å². The number of hydrogen-bond donors (Lipinski definition) is 2. The average molecular weight is 282 g/mol. The van der Waals surface area contributed by atoms with E-state index in [1.807, 2.05) is 24.3 Å². The Morgan fingerprint density at radius 1 is 1.16 bits per heavy atom. The molecule has 0 aromatic heterocycles. The van der Waals surface area contributed by atoms with Gasteiger partial charge in [0.05, 0.1) is 5.75 Å². The summed E-state index contributed by atoms with van der Waals surface area (Å²) in [5.41, 5.74) is 1.95. The fraction of sp³-hybridized carbons (Fsp3) is 0.571. The van der Waals surface area contributed by atoms with Crippen molar-refractivity contribution in [3.63, 3.8) is 0 Å². The lowest BCUT2D eigenvalue weighted by molar-refractivity contribution is 0.523. The van der Waals surface area contributed by atoms with Crippen LogP contribution in [-0.2, 0) is 22.3 Å². The number of benzene rings is 1. The maximum Gasteiger partial charge on any atom is 0.215 e. The van der Waals surface area contributed by atoms with Crippen LogP contribution in [0.15, 0.2) is 24.3 Å². The highest BCUT2D eigenvalue weighted by Gasteiger charge is 2.16. The summed E-state index contributed by atoms with van der Waals surface area (Å²) in [6.07, 6.45) is 5.06. The molecule has 0 unspecified atom stereocenters. The molecule has 1 aromatic rings. The van der Waals surface area contributed by atoms with Crippen LogP contribution in [0.5, 0.6) is 0 Å². The molecule has 2 N–H and O–H groups in total. The van der Waals surface area contributed by atoms with Gasteiger partial charge in [-0.3, -0.25) is 0 Å². The number of sulfonamides is 1. The Morgan fingerprint density at radius 3 is 2.42 bits per heavy atom. The first kappa shape index (κ1) is 14.5. The molecular formula is C14H22N2O2S. The van der Waals surface area contributed by atoms with Crippen molar-refractivity contribution >= 4 is 10.0 Å². The lowest BCUT2D eigenvalue weighted by atomic mass is 10.1. The molecule has 1 fully saturated rings. The van der Waals surface area contributed by atoms with E-state index in [9.17, 15) is 8.42 Å². The Kier molecular flexibility index (Phi) is 4.96.